The summed E-state index contributed by atoms with van der Waals surface area (Å²) in [6.45, 7) is 1.40. The quantitative estimate of drug-likeness (QED) is 0.451. The number of pyridine rings is 2. The van der Waals surface area contributed by atoms with Crippen molar-refractivity contribution in [2.24, 2.45) is 7.05 Å². The lowest BCUT2D eigenvalue weighted by atomic mass is 10.1. The molecule has 0 saturated carbocycles. The number of aromatic nitrogens is 2. The van der Waals surface area contributed by atoms with E-state index in [1.165, 1.54) is 23.0 Å². The third-order valence-corrected chi connectivity index (χ3v) is 6.32. The number of rotatable bonds is 5. The molecular formula is C25H23FN4O3. The number of halogens is 1. The van der Waals surface area contributed by atoms with Gasteiger partial charge < -0.3 is 19.9 Å². The van der Waals surface area contributed by atoms with E-state index in [1.54, 1.807) is 13.1 Å². The fraction of sp³-hybridized carbons (Fsp3) is 0.240. The Kier molecular flexibility index (Phi) is 5.20. The third-order valence-electron chi connectivity index (χ3n) is 6.32. The maximum absolute atomic E-state index is 15.4. The number of nitrogens with one attached hydrogen (secondary N) is 1. The smallest absolute Gasteiger partial charge is 0.341 e. The van der Waals surface area contributed by atoms with Crippen LogP contribution in [0.25, 0.3) is 21.8 Å². The Balaban J connectivity index is 1.56. The lowest BCUT2D eigenvalue weighted by Gasteiger charge is -2.28. The van der Waals surface area contributed by atoms with Gasteiger partial charge in [0, 0.05) is 43.4 Å². The Morgan fingerprint density at radius 3 is 2.82 bits per heavy atom. The summed E-state index contributed by atoms with van der Waals surface area (Å²) in [4.78, 5) is 30.9. The van der Waals surface area contributed by atoms with Crippen molar-refractivity contribution in [1.82, 2.24) is 9.55 Å². The number of benzene rings is 2. The molecule has 1 unspecified atom stereocenters. The van der Waals surface area contributed by atoms with Crippen LogP contribution in [0.3, 0.4) is 0 Å². The third kappa shape index (κ3) is 3.67. The van der Waals surface area contributed by atoms with Gasteiger partial charge in [0.1, 0.15) is 11.4 Å². The van der Waals surface area contributed by atoms with Crippen LogP contribution in [0.5, 0.6) is 0 Å². The van der Waals surface area contributed by atoms with Crippen LogP contribution in [0.2, 0.25) is 0 Å². The van der Waals surface area contributed by atoms with Crippen LogP contribution in [0.4, 0.5) is 15.8 Å². The first-order chi connectivity index (χ1) is 15.9. The molecule has 0 amide bonds. The Hall–Kier alpha value is -3.94. The van der Waals surface area contributed by atoms with Crippen molar-refractivity contribution in [1.29, 1.82) is 0 Å². The van der Waals surface area contributed by atoms with E-state index in [1.807, 2.05) is 35.2 Å². The second-order valence-electron chi connectivity index (χ2n) is 8.36. The Bertz CT molecular complexity index is 1440. The molecule has 1 fully saturated rings. The van der Waals surface area contributed by atoms with Crippen molar-refractivity contribution in [2.75, 3.05) is 23.3 Å². The molecule has 5 rings (SSSR count). The molecule has 0 radical (unpaired) electrons. The summed E-state index contributed by atoms with van der Waals surface area (Å²) in [6.07, 6.45) is 4.68. The topological polar surface area (TPSA) is 87.5 Å². The lowest BCUT2D eigenvalue weighted by molar-refractivity contribution is 0.0695. The van der Waals surface area contributed by atoms with Gasteiger partial charge in [0.25, 0.3) is 0 Å². The first-order valence-electron chi connectivity index (χ1n) is 10.8. The molecule has 0 spiro atoms. The minimum absolute atomic E-state index is 0.115. The number of para-hydroxylation sites is 1. The molecule has 7 nitrogen and oxygen atoms in total. The molecule has 0 aliphatic carbocycles. The number of hydrogen-bond acceptors (Lipinski definition) is 5. The van der Waals surface area contributed by atoms with E-state index < -0.39 is 17.2 Å². The van der Waals surface area contributed by atoms with E-state index in [-0.39, 0.29) is 17.0 Å². The molecule has 1 saturated heterocycles. The Morgan fingerprint density at radius 2 is 2.06 bits per heavy atom. The predicted molar refractivity (Wildman–Crippen MR) is 127 cm³/mol. The van der Waals surface area contributed by atoms with E-state index in [2.05, 4.69) is 10.3 Å². The Labute approximate surface area is 189 Å². The number of nitrogens with zero attached hydrogens (tertiary/aromatic N) is 3. The first kappa shape index (κ1) is 20.9. The van der Waals surface area contributed by atoms with Gasteiger partial charge in [-0.3, -0.25) is 9.78 Å². The van der Waals surface area contributed by atoms with Crippen molar-refractivity contribution < 1.29 is 14.3 Å². The van der Waals surface area contributed by atoms with Gasteiger partial charge in [0.2, 0.25) is 5.43 Å². The molecule has 2 N–H and O–H groups in total. The van der Waals surface area contributed by atoms with Crippen LogP contribution in [0.15, 0.2) is 59.7 Å². The van der Waals surface area contributed by atoms with Gasteiger partial charge in [0.05, 0.1) is 28.3 Å². The summed E-state index contributed by atoms with van der Waals surface area (Å²) in [6, 6.07) is 13.0. The van der Waals surface area contributed by atoms with Crippen LogP contribution in [0, 0.1) is 5.82 Å². The molecule has 168 valence electrons. The second kappa shape index (κ2) is 8.20. The zero-order valence-corrected chi connectivity index (χ0v) is 18.1. The summed E-state index contributed by atoms with van der Waals surface area (Å²) >= 11 is 0. The van der Waals surface area contributed by atoms with Crippen LogP contribution in [0.1, 0.15) is 23.2 Å². The lowest BCUT2D eigenvalue weighted by Crippen LogP contribution is -2.35. The highest BCUT2D eigenvalue weighted by atomic mass is 19.1. The number of carboxylic acids is 1. The zero-order chi connectivity index (χ0) is 23.1. The molecule has 1 aliphatic heterocycles. The normalized spacial score (nSPS) is 15.9. The summed E-state index contributed by atoms with van der Waals surface area (Å²) in [5, 5.41) is 13.3. The highest BCUT2D eigenvalue weighted by molar-refractivity contribution is 6.07. The number of aryl methyl sites for hydroxylation is 1. The molecule has 8 heteroatoms. The average molecular weight is 446 g/mol. The molecule has 0 bridgehead atoms. The zero-order valence-electron chi connectivity index (χ0n) is 18.1. The summed E-state index contributed by atoms with van der Waals surface area (Å²) < 4.78 is 16.9. The minimum Gasteiger partial charge on any atom is -0.477 e. The van der Waals surface area contributed by atoms with Crippen molar-refractivity contribution in [2.45, 2.75) is 18.9 Å². The maximum Gasteiger partial charge on any atom is 0.341 e. The molecule has 2 aromatic heterocycles. The number of anilines is 2. The second-order valence-corrected chi connectivity index (χ2v) is 8.36. The van der Waals surface area contributed by atoms with Crippen molar-refractivity contribution in [3.05, 3.63) is 76.5 Å². The summed E-state index contributed by atoms with van der Waals surface area (Å²) in [5.74, 6) is -1.77. The molecular weight excluding hydrogens is 423 g/mol. The van der Waals surface area contributed by atoms with Gasteiger partial charge in [-0.15, -0.1) is 0 Å². The van der Waals surface area contributed by atoms with Crippen molar-refractivity contribution in [3.8, 4) is 0 Å². The van der Waals surface area contributed by atoms with Crippen LogP contribution in [-0.4, -0.2) is 39.8 Å². The molecule has 3 heterocycles. The van der Waals surface area contributed by atoms with E-state index in [0.29, 0.717) is 28.7 Å². The summed E-state index contributed by atoms with van der Waals surface area (Å²) in [5.41, 5.74) is 1.38. The van der Waals surface area contributed by atoms with Gasteiger partial charge in [-0.2, -0.15) is 0 Å². The highest BCUT2D eigenvalue weighted by Crippen LogP contribution is 2.33. The molecule has 2 aromatic carbocycles. The van der Waals surface area contributed by atoms with E-state index in [9.17, 15) is 14.7 Å². The number of aromatic carboxylic acids is 1. The monoisotopic (exact) mass is 446 g/mol. The summed E-state index contributed by atoms with van der Waals surface area (Å²) in [7, 11) is 1.64. The van der Waals surface area contributed by atoms with Crippen molar-refractivity contribution >= 4 is 39.1 Å². The van der Waals surface area contributed by atoms with Gasteiger partial charge >= 0.3 is 5.97 Å². The number of fused-ring (bicyclic) bond motifs is 3. The van der Waals surface area contributed by atoms with Crippen LogP contribution in [-0.2, 0) is 7.05 Å². The fourth-order valence-electron chi connectivity index (χ4n) is 4.68. The van der Waals surface area contributed by atoms with Gasteiger partial charge in [-0.05, 0) is 37.1 Å². The molecule has 1 atom stereocenters. The number of carboxylic acid groups (broad SMARTS) is 1. The van der Waals surface area contributed by atoms with E-state index in [0.717, 1.165) is 25.1 Å². The largest absolute Gasteiger partial charge is 0.477 e. The highest BCUT2D eigenvalue weighted by Gasteiger charge is 2.27. The molecule has 4 aromatic rings. The van der Waals surface area contributed by atoms with Crippen LogP contribution < -0.4 is 15.6 Å². The van der Waals surface area contributed by atoms with E-state index in [4.69, 9.17) is 0 Å². The maximum atomic E-state index is 15.4. The van der Waals surface area contributed by atoms with Crippen LogP contribution >= 0.6 is 0 Å². The average Bonchev–Trinajstić information content (AvgIpc) is 3.28. The molecule has 33 heavy (non-hydrogen) atoms. The first-order valence-corrected chi connectivity index (χ1v) is 10.8. The van der Waals surface area contributed by atoms with Gasteiger partial charge in [-0.25, -0.2) is 9.18 Å². The number of carbonyl (C=O) groups is 1. The number of hydrogen-bond donors (Lipinski definition) is 2. The standard InChI is InChI=1S/C25H23FN4O3/c1-29-14-18(25(32)33)24(31)23-17-10-19(26)21(11-20(17)28-13-22(23)29)30-9-5-8-16(30)12-27-15-6-3-2-4-7-15/h2-4,6-7,10-11,13-14,16,27H,5,8-9,12H2,1H3,(H,32,33). The SMILES string of the molecule is Cn1cc(C(=O)O)c(=O)c2c3cc(F)c(N4CCCC4CNc4ccccc4)cc3ncc21. The van der Waals surface area contributed by atoms with Gasteiger partial charge in [0.15, 0.2) is 0 Å². The predicted octanol–water partition coefficient (Wildman–Crippen LogP) is 4.00. The fourth-order valence-corrected chi connectivity index (χ4v) is 4.68. The Morgan fingerprint density at radius 1 is 1.27 bits per heavy atom. The van der Waals surface area contributed by atoms with Crippen molar-refractivity contribution in [3.63, 3.8) is 0 Å². The minimum atomic E-state index is -1.31. The van der Waals surface area contributed by atoms with E-state index >= 15 is 4.39 Å². The molecule has 1 aliphatic rings. The van der Waals surface area contributed by atoms with Gasteiger partial charge in [-0.1, -0.05) is 18.2 Å².